The predicted molar refractivity (Wildman–Crippen MR) is 69.0 cm³/mol. The average molecular weight is 304 g/mol. The van der Waals surface area contributed by atoms with Gasteiger partial charge in [-0.15, -0.1) is 0 Å². The smallest absolute Gasteiger partial charge is 0.406 e. The monoisotopic (exact) mass is 304 g/mol. The highest BCUT2D eigenvalue weighted by Gasteiger charge is 2.34. The summed E-state index contributed by atoms with van der Waals surface area (Å²) in [5, 5.41) is 11.2. The molecule has 1 amide bonds. The fourth-order valence-corrected chi connectivity index (χ4v) is 1.56. The largest absolute Gasteiger partial charge is 0.409 e. The SMILES string of the molecule is CC(C)N(CC(F)(F)F)C(=O)c1ccc(C(N)=NO)cn1. The molecule has 3 N–H and O–H groups in total. The molecule has 0 atom stereocenters. The minimum atomic E-state index is -4.49. The molecule has 6 nitrogen and oxygen atoms in total. The molecule has 1 heterocycles. The number of oxime groups is 1. The van der Waals surface area contributed by atoms with Gasteiger partial charge in [-0.25, -0.2) is 0 Å². The lowest BCUT2D eigenvalue weighted by atomic mass is 10.2. The van der Waals surface area contributed by atoms with E-state index < -0.39 is 24.7 Å². The number of nitrogens with zero attached hydrogens (tertiary/aromatic N) is 3. The zero-order chi connectivity index (χ0) is 16.2. The summed E-state index contributed by atoms with van der Waals surface area (Å²) < 4.78 is 37.5. The van der Waals surface area contributed by atoms with Crippen molar-refractivity contribution < 1.29 is 23.2 Å². The lowest BCUT2D eigenvalue weighted by Gasteiger charge is -2.27. The van der Waals surface area contributed by atoms with Crippen LogP contribution in [0.2, 0.25) is 0 Å². The summed E-state index contributed by atoms with van der Waals surface area (Å²) in [6.07, 6.45) is -3.35. The van der Waals surface area contributed by atoms with Crippen LogP contribution in [-0.4, -0.2) is 45.6 Å². The summed E-state index contributed by atoms with van der Waals surface area (Å²) in [6.45, 7) is 1.61. The second-order valence-corrected chi connectivity index (χ2v) is 4.56. The summed E-state index contributed by atoms with van der Waals surface area (Å²) in [6, 6.07) is 1.92. The Morgan fingerprint density at radius 3 is 2.48 bits per heavy atom. The Bertz CT molecular complexity index is 526. The molecular weight excluding hydrogens is 289 g/mol. The lowest BCUT2D eigenvalue weighted by molar-refractivity contribution is -0.143. The number of carbonyl (C=O) groups is 1. The van der Waals surface area contributed by atoms with Gasteiger partial charge in [-0.2, -0.15) is 13.2 Å². The number of carbonyl (C=O) groups excluding carboxylic acids is 1. The quantitative estimate of drug-likeness (QED) is 0.382. The highest BCUT2D eigenvalue weighted by Crippen LogP contribution is 2.19. The number of nitrogens with two attached hydrogens (primary N) is 1. The van der Waals surface area contributed by atoms with E-state index in [2.05, 4.69) is 10.1 Å². The van der Waals surface area contributed by atoms with Crippen molar-refractivity contribution in [3.05, 3.63) is 29.6 Å². The molecular formula is C12H15F3N4O2. The Hall–Kier alpha value is -2.32. The van der Waals surface area contributed by atoms with Crippen LogP contribution in [0.3, 0.4) is 0 Å². The zero-order valence-corrected chi connectivity index (χ0v) is 11.4. The van der Waals surface area contributed by atoms with Crippen LogP contribution in [0.5, 0.6) is 0 Å². The molecule has 0 saturated carbocycles. The van der Waals surface area contributed by atoms with Gasteiger partial charge in [0.05, 0.1) is 0 Å². The molecule has 1 aromatic heterocycles. The first-order valence-electron chi connectivity index (χ1n) is 5.97. The van der Waals surface area contributed by atoms with E-state index in [9.17, 15) is 18.0 Å². The highest BCUT2D eigenvalue weighted by atomic mass is 19.4. The summed E-state index contributed by atoms with van der Waals surface area (Å²) in [7, 11) is 0. The molecule has 0 aliphatic carbocycles. The summed E-state index contributed by atoms with van der Waals surface area (Å²) in [5.41, 5.74) is 5.43. The summed E-state index contributed by atoms with van der Waals surface area (Å²) in [5.74, 6) is -1.05. The number of alkyl halides is 3. The van der Waals surface area contributed by atoms with Crippen molar-refractivity contribution in [3.8, 4) is 0 Å². The van der Waals surface area contributed by atoms with Gasteiger partial charge < -0.3 is 15.8 Å². The highest BCUT2D eigenvalue weighted by molar-refractivity contribution is 5.98. The molecule has 0 fully saturated rings. The van der Waals surface area contributed by atoms with E-state index in [0.29, 0.717) is 4.90 Å². The Labute approximate surface area is 119 Å². The Morgan fingerprint density at radius 1 is 1.48 bits per heavy atom. The number of amides is 1. The second kappa shape index (κ2) is 6.42. The number of hydrogen-bond donors (Lipinski definition) is 2. The fourth-order valence-electron chi connectivity index (χ4n) is 1.56. The van der Waals surface area contributed by atoms with Crippen molar-refractivity contribution in [3.63, 3.8) is 0 Å². The van der Waals surface area contributed by atoms with Crippen LogP contribution in [0.4, 0.5) is 13.2 Å². The van der Waals surface area contributed by atoms with Gasteiger partial charge in [0.25, 0.3) is 5.91 Å². The van der Waals surface area contributed by atoms with E-state index >= 15 is 0 Å². The van der Waals surface area contributed by atoms with Crippen LogP contribution in [0.15, 0.2) is 23.5 Å². The molecule has 0 aromatic carbocycles. The number of halogens is 3. The Morgan fingerprint density at radius 2 is 2.10 bits per heavy atom. The minimum absolute atomic E-state index is 0.151. The second-order valence-electron chi connectivity index (χ2n) is 4.56. The van der Waals surface area contributed by atoms with Gasteiger partial charge in [0.15, 0.2) is 5.84 Å². The number of aromatic nitrogens is 1. The number of hydrogen-bond acceptors (Lipinski definition) is 4. The number of amidine groups is 1. The molecule has 0 unspecified atom stereocenters. The zero-order valence-electron chi connectivity index (χ0n) is 11.4. The van der Waals surface area contributed by atoms with Gasteiger partial charge in [-0.1, -0.05) is 5.16 Å². The third kappa shape index (κ3) is 4.62. The topological polar surface area (TPSA) is 91.8 Å². The van der Waals surface area contributed by atoms with Crippen molar-refractivity contribution in [2.45, 2.75) is 26.1 Å². The molecule has 116 valence electrons. The van der Waals surface area contributed by atoms with E-state index in [1.54, 1.807) is 0 Å². The summed E-state index contributed by atoms with van der Waals surface area (Å²) >= 11 is 0. The van der Waals surface area contributed by atoms with Crippen molar-refractivity contribution in [2.24, 2.45) is 10.9 Å². The van der Waals surface area contributed by atoms with E-state index in [4.69, 9.17) is 10.9 Å². The molecule has 0 aliphatic heterocycles. The van der Waals surface area contributed by atoms with E-state index in [1.165, 1.54) is 26.0 Å². The molecule has 0 bridgehead atoms. The first-order valence-corrected chi connectivity index (χ1v) is 5.97. The van der Waals surface area contributed by atoms with Gasteiger partial charge in [0, 0.05) is 17.8 Å². The molecule has 0 spiro atoms. The first-order chi connectivity index (χ1) is 9.65. The third-order valence-electron chi connectivity index (χ3n) is 2.62. The lowest BCUT2D eigenvalue weighted by Crippen LogP contribution is -2.43. The first kappa shape index (κ1) is 16.7. The van der Waals surface area contributed by atoms with Gasteiger partial charge >= 0.3 is 6.18 Å². The summed E-state index contributed by atoms with van der Waals surface area (Å²) in [4.78, 5) is 16.5. The van der Waals surface area contributed by atoms with Gasteiger partial charge in [-0.3, -0.25) is 9.78 Å². The number of rotatable bonds is 4. The van der Waals surface area contributed by atoms with Crippen LogP contribution in [0.25, 0.3) is 0 Å². The molecule has 1 rings (SSSR count). The minimum Gasteiger partial charge on any atom is -0.409 e. The molecule has 1 aromatic rings. The van der Waals surface area contributed by atoms with Crippen LogP contribution >= 0.6 is 0 Å². The van der Waals surface area contributed by atoms with Crippen LogP contribution in [0.1, 0.15) is 29.9 Å². The standard InChI is InChI=1S/C12H15F3N4O2/c1-7(2)19(6-12(13,14)15)11(20)9-4-3-8(5-17-9)10(16)18-21/h3-5,7,21H,6H2,1-2H3,(H2,16,18). The van der Waals surface area contributed by atoms with E-state index in [1.807, 2.05) is 0 Å². The molecule has 0 saturated heterocycles. The Balaban J connectivity index is 2.99. The van der Waals surface area contributed by atoms with Gasteiger partial charge in [-0.05, 0) is 26.0 Å². The van der Waals surface area contributed by atoms with Gasteiger partial charge in [0.1, 0.15) is 12.2 Å². The fraction of sp³-hybridized carbons (Fsp3) is 0.417. The molecule has 0 aliphatic rings. The Kier molecular flexibility index (Phi) is 5.12. The maximum Gasteiger partial charge on any atom is 0.406 e. The molecule has 0 radical (unpaired) electrons. The number of pyridine rings is 1. The molecule has 21 heavy (non-hydrogen) atoms. The maximum absolute atomic E-state index is 12.5. The van der Waals surface area contributed by atoms with Crippen molar-refractivity contribution >= 4 is 11.7 Å². The average Bonchev–Trinajstić information content (AvgIpc) is 2.42. The third-order valence-corrected chi connectivity index (χ3v) is 2.62. The van der Waals surface area contributed by atoms with Gasteiger partial charge in [0.2, 0.25) is 0 Å². The van der Waals surface area contributed by atoms with Crippen molar-refractivity contribution in [2.75, 3.05) is 6.54 Å². The van der Waals surface area contributed by atoms with Crippen LogP contribution < -0.4 is 5.73 Å². The normalized spacial score (nSPS) is 12.6. The van der Waals surface area contributed by atoms with Crippen LogP contribution in [0, 0.1) is 0 Å². The van der Waals surface area contributed by atoms with Crippen molar-refractivity contribution in [1.29, 1.82) is 0 Å². The predicted octanol–water partition coefficient (Wildman–Crippen LogP) is 1.59. The van der Waals surface area contributed by atoms with E-state index in [-0.39, 0.29) is 17.1 Å². The maximum atomic E-state index is 12.5. The molecule has 9 heteroatoms. The van der Waals surface area contributed by atoms with Crippen LogP contribution in [-0.2, 0) is 0 Å². The van der Waals surface area contributed by atoms with Crippen molar-refractivity contribution in [1.82, 2.24) is 9.88 Å². The van der Waals surface area contributed by atoms with E-state index in [0.717, 1.165) is 6.20 Å².